The number of hydrogen-bond acceptors (Lipinski definition) is 1. The second kappa shape index (κ2) is 3.38. The van der Waals surface area contributed by atoms with Crippen molar-refractivity contribution in [2.75, 3.05) is 0 Å². The normalized spacial score (nSPS) is 7.86. The molecule has 0 rings (SSSR count). The Kier molecular flexibility index (Phi) is 3.56. The molecule has 7 heavy (non-hydrogen) atoms. The van der Waals surface area contributed by atoms with E-state index in [0.29, 0.717) is 5.57 Å². The van der Waals surface area contributed by atoms with E-state index in [1.807, 2.05) is 0 Å². The van der Waals surface area contributed by atoms with Crippen LogP contribution < -0.4 is 0 Å². The molecule has 0 saturated heterocycles. The van der Waals surface area contributed by atoms with Gasteiger partial charge in [-0.3, -0.25) is 4.79 Å². The number of halogens is 2. The molecule has 0 bridgehead atoms. The molecule has 40 valence electrons. The predicted molar refractivity (Wildman–Crippen MR) is 36.6 cm³/mol. The molecule has 0 radical (unpaired) electrons. The van der Waals surface area contributed by atoms with Gasteiger partial charge in [0.2, 0.25) is 0 Å². The molecular weight excluding hydrogens is 224 g/mol. The summed E-state index contributed by atoms with van der Waals surface area (Å²) in [6.45, 7) is 1.71. The highest BCUT2D eigenvalue weighted by molar-refractivity contribution is 9.28. The van der Waals surface area contributed by atoms with Crippen molar-refractivity contribution in [1.82, 2.24) is 0 Å². The van der Waals surface area contributed by atoms with Crippen molar-refractivity contribution >= 4 is 38.1 Å². The number of aldehydes is 1. The Morgan fingerprint density at radius 2 is 2.00 bits per heavy atom. The van der Waals surface area contributed by atoms with E-state index in [1.165, 1.54) is 0 Å². The Hall–Kier alpha value is 0.370. The molecule has 0 aliphatic carbocycles. The first-order chi connectivity index (χ1) is 3.18. The monoisotopic (exact) mass is 226 g/mol. The lowest BCUT2D eigenvalue weighted by Crippen LogP contribution is -1.72. The van der Waals surface area contributed by atoms with Crippen LogP contribution >= 0.6 is 31.9 Å². The molecule has 0 atom stereocenters. The van der Waals surface area contributed by atoms with Gasteiger partial charge in [-0.15, -0.1) is 0 Å². The fraction of sp³-hybridized carbons (Fsp3) is 0.250. The van der Waals surface area contributed by atoms with E-state index in [0.717, 1.165) is 9.68 Å². The zero-order valence-electron chi connectivity index (χ0n) is 3.74. The van der Waals surface area contributed by atoms with Gasteiger partial charge in [-0.2, -0.15) is 0 Å². The van der Waals surface area contributed by atoms with Crippen molar-refractivity contribution in [1.29, 1.82) is 0 Å². The van der Waals surface area contributed by atoms with E-state index in [2.05, 4.69) is 31.9 Å². The minimum absolute atomic E-state index is 0.667. The molecule has 0 aromatic rings. The maximum Gasteiger partial charge on any atom is 0.147 e. The van der Waals surface area contributed by atoms with Crippen molar-refractivity contribution in [3.05, 3.63) is 8.96 Å². The molecule has 0 aliphatic rings. The van der Waals surface area contributed by atoms with Gasteiger partial charge in [-0.1, -0.05) is 0 Å². The van der Waals surface area contributed by atoms with Crippen molar-refractivity contribution in [2.45, 2.75) is 6.92 Å². The molecule has 0 aromatic heterocycles. The topological polar surface area (TPSA) is 17.1 Å². The van der Waals surface area contributed by atoms with Crippen LogP contribution in [0.4, 0.5) is 0 Å². The van der Waals surface area contributed by atoms with E-state index in [9.17, 15) is 4.79 Å². The maximum atomic E-state index is 9.83. The summed E-state index contributed by atoms with van der Waals surface area (Å²) in [5.74, 6) is 0. The van der Waals surface area contributed by atoms with Crippen LogP contribution in [0.15, 0.2) is 8.96 Å². The van der Waals surface area contributed by atoms with E-state index in [4.69, 9.17) is 0 Å². The quantitative estimate of drug-likeness (QED) is 0.496. The van der Waals surface area contributed by atoms with Crippen molar-refractivity contribution in [3.8, 4) is 0 Å². The first kappa shape index (κ1) is 7.37. The van der Waals surface area contributed by atoms with Crippen LogP contribution in [0, 0.1) is 0 Å². The number of carbonyl (C=O) groups excluding carboxylic acids is 1. The summed E-state index contributed by atoms with van der Waals surface area (Å²) in [4.78, 5) is 9.83. The molecule has 3 heteroatoms. The second-order valence-corrected chi connectivity index (χ2v) is 3.71. The van der Waals surface area contributed by atoms with Gasteiger partial charge in [0.25, 0.3) is 0 Å². The smallest absolute Gasteiger partial charge is 0.147 e. The van der Waals surface area contributed by atoms with Crippen LogP contribution in [0.3, 0.4) is 0 Å². The van der Waals surface area contributed by atoms with Gasteiger partial charge in [0.1, 0.15) is 6.29 Å². The predicted octanol–water partition coefficient (Wildman–Crippen LogP) is 2.21. The Bertz CT molecular complexity index is 102. The number of allylic oxidation sites excluding steroid dienone is 1. The second-order valence-electron chi connectivity index (χ2n) is 1.06. The molecule has 0 saturated carbocycles. The minimum Gasteiger partial charge on any atom is -0.298 e. The van der Waals surface area contributed by atoms with Crippen LogP contribution in [0.2, 0.25) is 0 Å². The Labute approximate surface area is 59.0 Å². The van der Waals surface area contributed by atoms with Crippen LogP contribution in [-0.4, -0.2) is 6.29 Å². The summed E-state index contributed by atoms with van der Waals surface area (Å²) in [5, 5.41) is 0. The van der Waals surface area contributed by atoms with E-state index in [-0.39, 0.29) is 0 Å². The van der Waals surface area contributed by atoms with Crippen molar-refractivity contribution in [3.63, 3.8) is 0 Å². The van der Waals surface area contributed by atoms with E-state index in [1.54, 1.807) is 6.92 Å². The highest BCUT2D eigenvalue weighted by Gasteiger charge is 1.87. The summed E-state index contributed by atoms with van der Waals surface area (Å²) in [6.07, 6.45) is 0.777. The van der Waals surface area contributed by atoms with E-state index >= 15 is 0 Å². The summed E-state index contributed by atoms with van der Waals surface area (Å²) in [5.41, 5.74) is 0.667. The van der Waals surface area contributed by atoms with Gasteiger partial charge in [-0.25, -0.2) is 0 Å². The van der Waals surface area contributed by atoms with Gasteiger partial charge in [0.15, 0.2) is 0 Å². The fourth-order valence-electron chi connectivity index (χ4n) is 0.0445. The third kappa shape index (κ3) is 3.00. The highest BCUT2D eigenvalue weighted by atomic mass is 79.9. The third-order valence-electron chi connectivity index (χ3n) is 0.475. The number of hydrogen-bond donors (Lipinski definition) is 0. The van der Waals surface area contributed by atoms with Crippen LogP contribution in [0.1, 0.15) is 6.92 Å². The first-order valence-corrected chi connectivity index (χ1v) is 3.24. The van der Waals surface area contributed by atoms with Gasteiger partial charge in [0.05, 0.1) is 3.39 Å². The van der Waals surface area contributed by atoms with Crippen LogP contribution in [-0.2, 0) is 4.79 Å². The first-order valence-electron chi connectivity index (χ1n) is 1.65. The average molecular weight is 228 g/mol. The zero-order chi connectivity index (χ0) is 5.86. The Morgan fingerprint density at radius 3 is 2.00 bits per heavy atom. The minimum atomic E-state index is 0.667. The number of rotatable bonds is 1. The molecular formula is C4H4Br2O. The molecule has 0 heterocycles. The standard InChI is InChI=1S/C4H4Br2O/c1-3(2-7)4(5)6/h2H,1H3. The average Bonchev–Trinajstić information content (AvgIpc) is 1.65. The number of carbonyl (C=O) groups is 1. The lowest BCUT2D eigenvalue weighted by atomic mass is 10.4. The fourth-order valence-corrected chi connectivity index (χ4v) is 0.231. The molecule has 0 amide bonds. The Morgan fingerprint density at radius 1 is 1.57 bits per heavy atom. The van der Waals surface area contributed by atoms with Crippen molar-refractivity contribution < 1.29 is 4.79 Å². The molecule has 0 N–H and O–H groups in total. The molecule has 0 fully saturated rings. The van der Waals surface area contributed by atoms with E-state index < -0.39 is 0 Å². The lowest BCUT2D eigenvalue weighted by molar-refractivity contribution is -0.104. The largest absolute Gasteiger partial charge is 0.298 e. The summed E-state index contributed by atoms with van der Waals surface area (Å²) in [7, 11) is 0. The molecule has 0 spiro atoms. The molecule has 0 aromatic carbocycles. The summed E-state index contributed by atoms with van der Waals surface area (Å²) in [6, 6.07) is 0. The highest BCUT2D eigenvalue weighted by Crippen LogP contribution is 2.16. The Balaban J connectivity index is 3.98. The molecule has 0 unspecified atom stereocenters. The van der Waals surface area contributed by atoms with Gasteiger partial charge >= 0.3 is 0 Å². The van der Waals surface area contributed by atoms with Gasteiger partial charge < -0.3 is 0 Å². The molecule has 1 nitrogen and oxygen atoms in total. The summed E-state index contributed by atoms with van der Waals surface area (Å²) < 4.78 is 0.718. The third-order valence-corrected chi connectivity index (χ3v) is 1.73. The maximum absolute atomic E-state index is 9.83. The van der Waals surface area contributed by atoms with Crippen LogP contribution in [0.5, 0.6) is 0 Å². The van der Waals surface area contributed by atoms with Gasteiger partial charge in [-0.05, 0) is 38.8 Å². The molecule has 0 aliphatic heterocycles. The van der Waals surface area contributed by atoms with Crippen LogP contribution in [0.25, 0.3) is 0 Å². The van der Waals surface area contributed by atoms with Crippen molar-refractivity contribution in [2.24, 2.45) is 0 Å². The van der Waals surface area contributed by atoms with Gasteiger partial charge in [0, 0.05) is 5.57 Å². The summed E-state index contributed by atoms with van der Waals surface area (Å²) >= 11 is 6.13. The lowest BCUT2D eigenvalue weighted by Gasteiger charge is -1.82. The SMILES string of the molecule is CC(C=O)=C(Br)Br. The zero-order valence-corrected chi connectivity index (χ0v) is 6.91.